The quantitative estimate of drug-likeness (QED) is 0.508. The number of nitrogens with zero attached hydrogens (tertiary/aromatic N) is 6. The maximum atomic E-state index is 13.1. The molecule has 5 heterocycles. The molecule has 0 saturated carbocycles. The summed E-state index contributed by atoms with van der Waals surface area (Å²) in [5.41, 5.74) is 3.20. The molecule has 0 N–H and O–H groups in total. The zero-order valence-electron chi connectivity index (χ0n) is 16.0. The maximum absolute atomic E-state index is 13.1. The lowest BCUT2D eigenvalue weighted by Crippen LogP contribution is -2.24. The number of aromatic nitrogens is 5. The molecule has 4 aromatic rings. The summed E-state index contributed by atoms with van der Waals surface area (Å²) in [7, 11) is 3.45. The van der Waals surface area contributed by atoms with Gasteiger partial charge in [0.2, 0.25) is 5.88 Å². The summed E-state index contributed by atoms with van der Waals surface area (Å²) < 4.78 is 9.38. The Labute approximate surface area is 169 Å². The fraction of sp³-hybridized carbons (Fsp3) is 0.250. The molecule has 0 atom stereocenters. The van der Waals surface area contributed by atoms with Crippen LogP contribution < -0.4 is 10.3 Å². The first-order chi connectivity index (χ1) is 14.1. The highest BCUT2D eigenvalue weighted by molar-refractivity contribution is 7.19. The number of pyridine rings is 1. The third-order valence-corrected chi connectivity index (χ3v) is 6.03. The van der Waals surface area contributed by atoms with Crippen molar-refractivity contribution in [2.45, 2.75) is 13.0 Å². The van der Waals surface area contributed by atoms with E-state index in [1.165, 1.54) is 4.68 Å². The number of rotatable bonds is 5. The predicted octanol–water partition coefficient (Wildman–Crippen LogP) is 2.35. The lowest BCUT2D eigenvalue weighted by molar-refractivity contribution is 0.397. The second-order valence-electron chi connectivity index (χ2n) is 6.81. The maximum Gasteiger partial charge on any atom is 0.291 e. The Morgan fingerprint density at radius 2 is 2.17 bits per heavy atom. The highest BCUT2D eigenvalue weighted by atomic mass is 32.1. The van der Waals surface area contributed by atoms with Crippen LogP contribution in [0.4, 0.5) is 0 Å². The summed E-state index contributed by atoms with van der Waals surface area (Å²) in [6.45, 7) is 1.09. The minimum Gasteiger partial charge on any atom is -0.481 e. The van der Waals surface area contributed by atoms with Gasteiger partial charge in [-0.1, -0.05) is 12.1 Å². The van der Waals surface area contributed by atoms with Crippen molar-refractivity contribution in [2.24, 2.45) is 12.0 Å². The normalized spacial score (nSPS) is 13.5. The first-order valence-electron chi connectivity index (χ1n) is 9.17. The molecule has 5 rings (SSSR count). The minimum absolute atomic E-state index is 0.143. The average molecular weight is 406 g/mol. The second-order valence-corrected chi connectivity index (χ2v) is 7.89. The summed E-state index contributed by atoms with van der Waals surface area (Å²) in [5.74, 6) is 0.535. The van der Waals surface area contributed by atoms with E-state index in [-0.39, 0.29) is 5.56 Å². The molecule has 0 unspecified atom stereocenters. The van der Waals surface area contributed by atoms with E-state index in [4.69, 9.17) is 9.72 Å². The van der Waals surface area contributed by atoms with Crippen molar-refractivity contribution in [1.82, 2.24) is 24.3 Å². The third kappa shape index (κ3) is 3.03. The summed E-state index contributed by atoms with van der Waals surface area (Å²) in [5, 5.41) is 6.23. The number of methoxy groups -OCH3 is 1. The van der Waals surface area contributed by atoms with E-state index in [9.17, 15) is 4.79 Å². The zero-order chi connectivity index (χ0) is 20.0. The third-order valence-electron chi connectivity index (χ3n) is 4.95. The number of aryl methyl sites for hydroxylation is 1. The van der Waals surface area contributed by atoms with Gasteiger partial charge in [-0.25, -0.2) is 14.6 Å². The van der Waals surface area contributed by atoms with Crippen LogP contribution in [0.5, 0.6) is 5.88 Å². The molecule has 0 saturated heterocycles. The van der Waals surface area contributed by atoms with Crippen molar-refractivity contribution in [3.63, 3.8) is 0 Å². The molecular formula is C20H18N6O2S. The Balaban J connectivity index is 1.53. The van der Waals surface area contributed by atoms with E-state index in [1.807, 2.05) is 29.8 Å². The Kier molecular flexibility index (Phi) is 4.24. The van der Waals surface area contributed by atoms with Crippen molar-refractivity contribution in [1.29, 1.82) is 0 Å². The number of aliphatic imine (C=N–C) groups is 1. The monoisotopic (exact) mass is 406 g/mol. The minimum atomic E-state index is -0.143. The molecule has 0 aliphatic carbocycles. The van der Waals surface area contributed by atoms with Crippen LogP contribution >= 0.6 is 11.3 Å². The number of thiazole rings is 1. The standard InChI is InChI=1S/C20H18N6O2S/c1-25-17-14(18-19(25)24-16(29-18)8-13-4-3-7-21-13)10-23-26(20(17)27)11-12-5-6-15(28-2)22-9-12/h3-6,9-10H,7-8,11H2,1-2H3. The van der Waals surface area contributed by atoms with Crippen molar-refractivity contribution < 1.29 is 4.74 Å². The topological polar surface area (TPSA) is 87.2 Å². The van der Waals surface area contributed by atoms with Gasteiger partial charge in [-0.2, -0.15) is 5.10 Å². The number of ether oxygens (including phenoxy) is 1. The van der Waals surface area contributed by atoms with Gasteiger partial charge < -0.3 is 9.30 Å². The average Bonchev–Trinajstić information content (AvgIpc) is 3.44. The molecule has 146 valence electrons. The van der Waals surface area contributed by atoms with Crippen LogP contribution in [0.3, 0.4) is 0 Å². The van der Waals surface area contributed by atoms with Crippen LogP contribution in [0.25, 0.3) is 21.3 Å². The first-order valence-corrected chi connectivity index (χ1v) is 9.98. The van der Waals surface area contributed by atoms with Crippen LogP contribution in [0.2, 0.25) is 0 Å². The van der Waals surface area contributed by atoms with Gasteiger partial charge in [-0.3, -0.25) is 9.79 Å². The van der Waals surface area contributed by atoms with Gasteiger partial charge in [-0.05, 0) is 11.6 Å². The molecule has 1 aliphatic heterocycles. The molecule has 0 radical (unpaired) electrons. The molecule has 8 nitrogen and oxygen atoms in total. The highest BCUT2D eigenvalue weighted by Gasteiger charge is 2.19. The Morgan fingerprint density at radius 3 is 2.90 bits per heavy atom. The van der Waals surface area contributed by atoms with Crippen LogP contribution in [0.1, 0.15) is 10.6 Å². The van der Waals surface area contributed by atoms with Gasteiger partial charge in [0.05, 0.1) is 31.1 Å². The molecule has 0 bridgehead atoms. The summed E-state index contributed by atoms with van der Waals surface area (Å²) in [4.78, 5) is 26.5. The molecule has 0 aromatic carbocycles. The Bertz CT molecular complexity index is 1340. The van der Waals surface area contributed by atoms with Crippen molar-refractivity contribution in [3.05, 3.63) is 57.6 Å². The molecule has 0 amide bonds. The fourth-order valence-electron chi connectivity index (χ4n) is 3.50. The van der Waals surface area contributed by atoms with E-state index in [0.29, 0.717) is 24.4 Å². The largest absolute Gasteiger partial charge is 0.481 e. The van der Waals surface area contributed by atoms with E-state index < -0.39 is 0 Å². The summed E-state index contributed by atoms with van der Waals surface area (Å²) >= 11 is 1.60. The fourth-order valence-corrected chi connectivity index (χ4v) is 4.62. The smallest absolute Gasteiger partial charge is 0.291 e. The Hall–Kier alpha value is -3.33. The van der Waals surface area contributed by atoms with Gasteiger partial charge in [0.1, 0.15) is 10.5 Å². The molecule has 0 fully saturated rings. The lowest BCUT2D eigenvalue weighted by atomic mass is 10.3. The zero-order valence-corrected chi connectivity index (χ0v) is 16.8. The Morgan fingerprint density at radius 1 is 1.28 bits per heavy atom. The van der Waals surface area contributed by atoms with E-state index in [0.717, 1.165) is 38.6 Å². The van der Waals surface area contributed by atoms with Crippen molar-refractivity contribution in [3.8, 4) is 5.88 Å². The number of allylic oxidation sites excluding steroid dienone is 1. The summed E-state index contributed by atoms with van der Waals surface area (Å²) in [6.07, 6.45) is 8.24. The van der Waals surface area contributed by atoms with Crippen LogP contribution in [-0.4, -0.2) is 43.7 Å². The van der Waals surface area contributed by atoms with Gasteiger partial charge in [0.15, 0.2) is 5.65 Å². The predicted molar refractivity (Wildman–Crippen MR) is 113 cm³/mol. The summed E-state index contributed by atoms with van der Waals surface area (Å²) in [6, 6.07) is 3.65. The van der Waals surface area contributed by atoms with E-state index >= 15 is 0 Å². The number of fused-ring (bicyclic) bond motifs is 3. The van der Waals surface area contributed by atoms with Crippen LogP contribution in [0, 0.1) is 0 Å². The van der Waals surface area contributed by atoms with Crippen molar-refractivity contribution in [2.75, 3.05) is 13.7 Å². The molecule has 9 heteroatoms. The first kappa shape index (κ1) is 17.7. The van der Waals surface area contributed by atoms with E-state index in [2.05, 4.69) is 15.1 Å². The molecule has 1 aliphatic rings. The van der Waals surface area contributed by atoms with Gasteiger partial charge in [0.25, 0.3) is 5.56 Å². The molecular weight excluding hydrogens is 388 g/mol. The SMILES string of the molecule is COc1ccc(Cn2ncc3c4sc(CC5=NCC=C5)nc4n(C)c3c2=O)cn1. The molecule has 4 aromatic heterocycles. The van der Waals surface area contributed by atoms with Crippen LogP contribution in [0.15, 0.2) is 46.5 Å². The van der Waals surface area contributed by atoms with E-state index in [1.54, 1.807) is 36.9 Å². The second kappa shape index (κ2) is 6.93. The molecule has 29 heavy (non-hydrogen) atoms. The van der Waals surface area contributed by atoms with Gasteiger partial charge in [-0.15, -0.1) is 11.3 Å². The van der Waals surface area contributed by atoms with Crippen molar-refractivity contribution >= 4 is 38.3 Å². The highest BCUT2D eigenvalue weighted by Crippen LogP contribution is 2.31. The van der Waals surface area contributed by atoms with Gasteiger partial charge >= 0.3 is 0 Å². The number of hydrogen-bond donors (Lipinski definition) is 0. The van der Waals surface area contributed by atoms with Crippen LogP contribution in [-0.2, 0) is 20.0 Å². The molecule has 0 spiro atoms. The number of hydrogen-bond acceptors (Lipinski definition) is 7. The van der Waals surface area contributed by atoms with Gasteiger partial charge in [0, 0.05) is 36.8 Å². The lowest BCUT2D eigenvalue weighted by Gasteiger charge is -2.06.